The molecule has 2 N–H and O–H groups in total. The molecular formula is C19H22N2O4. The van der Waals surface area contributed by atoms with Gasteiger partial charge in [0.15, 0.2) is 5.78 Å². The van der Waals surface area contributed by atoms with Crippen LogP contribution in [0.3, 0.4) is 0 Å². The quantitative estimate of drug-likeness (QED) is 0.624. The first-order chi connectivity index (χ1) is 11.9. The monoisotopic (exact) mass is 342 g/mol. The molecule has 6 nitrogen and oxygen atoms in total. The maximum Gasteiger partial charge on any atom is 0.273 e. The first kappa shape index (κ1) is 18.4. The molecule has 0 aliphatic heterocycles. The van der Waals surface area contributed by atoms with Gasteiger partial charge in [-0.3, -0.25) is 25.2 Å². The highest BCUT2D eigenvalue weighted by atomic mass is 16.3. The van der Waals surface area contributed by atoms with E-state index in [1.807, 2.05) is 19.1 Å². The number of carbonyl (C=O) groups is 3. The summed E-state index contributed by atoms with van der Waals surface area (Å²) < 4.78 is 5.27. The van der Waals surface area contributed by atoms with Crippen molar-refractivity contribution in [3.63, 3.8) is 0 Å². The summed E-state index contributed by atoms with van der Waals surface area (Å²) in [5.74, 6) is 0.114. The van der Waals surface area contributed by atoms with Gasteiger partial charge in [0, 0.05) is 18.4 Å². The fourth-order valence-corrected chi connectivity index (χ4v) is 2.41. The highest BCUT2D eigenvalue weighted by Crippen LogP contribution is 2.13. The molecule has 0 atom stereocenters. The van der Waals surface area contributed by atoms with Crippen LogP contribution in [-0.4, -0.2) is 17.6 Å². The fraction of sp³-hybridized carbons (Fsp3) is 0.316. The lowest BCUT2D eigenvalue weighted by Crippen LogP contribution is -2.41. The lowest BCUT2D eigenvalue weighted by atomic mass is 10.0. The Morgan fingerprint density at radius 1 is 1.00 bits per heavy atom. The second-order valence-electron chi connectivity index (χ2n) is 5.80. The summed E-state index contributed by atoms with van der Waals surface area (Å²) in [6.45, 7) is 5.45. The number of Topliss-reactive ketones (excluding diaryl/α,β-unsaturated/α-hetero) is 1. The Morgan fingerprint density at radius 2 is 1.68 bits per heavy atom. The van der Waals surface area contributed by atoms with Crippen LogP contribution < -0.4 is 10.9 Å². The van der Waals surface area contributed by atoms with Gasteiger partial charge in [0.1, 0.15) is 11.5 Å². The molecule has 0 fully saturated rings. The molecule has 0 unspecified atom stereocenters. The van der Waals surface area contributed by atoms with Crippen molar-refractivity contribution in [3.05, 3.63) is 58.5 Å². The Labute approximate surface area is 146 Å². The summed E-state index contributed by atoms with van der Waals surface area (Å²) in [6.07, 6.45) is 0.987. The van der Waals surface area contributed by atoms with Gasteiger partial charge in [0.25, 0.3) is 5.91 Å². The molecule has 2 amide bonds. The molecule has 0 aliphatic carbocycles. The lowest BCUT2D eigenvalue weighted by Gasteiger charge is -2.07. The Bertz CT molecular complexity index is 775. The SMILES string of the molecule is CCc1ccc(C(=O)CCC(=O)NNC(=O)c2cc(C)oc2C)cc1. The van der Waals surface area contributed by atoms with Gasteiger partial charge in [0.2, 0.25) is 5.91 Å². The van der Waals surface area contributed by atoms with E-state index in [0.717, 1.165) is 12.0 Å². The Kier molecular flexibility index (Phi) is 6.11. The largest absolute Gasteiger partial charge is 0.466 e. The first-order valence-corrected chi connectivity index (χ1v) is 8.19. The van der Waals surface area contributed by atoms with Gasteiger partial charge in [-0.2, -0.15) is 0 Å². The summed E-state index contributed by atoms with van der Waals surface area (Å²) in [6, 6.07) is 8.95. The second-order valence-corrected chi connectivity index (χ2v) is 5.80. The molecule has 25 heavy (non-hydrogen) atoms. The molecule has 1 aromatic carbocycles. The number of hydrazine groups is 1. The van der Waals surface area contributed by atoms with Crippen LogP contribution >= 0.6 is 0 Å². The number of amides is 2. The van der Waals surface area contributed by atoms with Crippen LogP contribution in [0.2, 0.25) is 0 Å². The molecular weight excluding hydrogens is 320 g/mol. The highest BCUT2D eigenvalue weighted by molar-refractivity contribution is 5.99. The first-order valence-electron chi connectivity index (χ1n) is 8.19. The molecule has 132 valence electrons. The average molecular weight is 342 g/mol. The highest BCUT2D eigenvalue weighted by Gasteiger charge is 2.15. The Hall–Kier alpha value is -2.89. The van der Waals surface area contributed by atoms with E-state index in [9.17, 15) is 14.4 Å². The minimum absolute atomic E-state index is 0.00195. The number of benzene rings is 1. The summed E-state index contributed by atoms with van der Waals surface area (Å²) in [5.41, 5.74) is 6.73. The standard InChI is InChI=1S/C19H22N2O4/c1-4-14-5-7-15(8-6-14)17(22)9-10-18(23)20-21-19(24)16-11-12(2)25-13(16)3/h5-8,11H,4,9-10H2,1-3H3,(H,20,23)(H,21,24). The third kappa shape index (κ3) is 5.04. The van der Waals surface area contributed by atoms with Crippen molar-refractivity contribution in [2.45, 2.75) is 40.0 Å². The van der Waals surface area contributed by atoms with E-state index in [2.05, 4.69) is 10.9 Å². The average Bonchev–Trinajstić information content (AvgIpc) is 2.96. The second kappa shape index (κ2) is 8.28. The molecule has 2 rings (SSSR count). The van der Waals surface area contributed by atoms with Crippen LogP contribution in [0.1, 0.15) is 57.6 Å². The molecule has 6 heteroatoms. The lowest BCUT2D eigenvalue weighted by molar-refractivity contribution is -0.121. The third-order valence-electron chi connectivity index (χ3n) is 3.86. The number of hydrogen-bond acceptors (Lipinski definition) is 4. The third-order valence-corrected chi connectivity index (χ3v) is 3.86. The van der Waals surface area contributed by atoms with Gasteiger partial charge in [-0.15, -0.1) is 0 Å². The smallest absolute Gasteiger partial charge is 0.273 e. The van der Waals surface area contributed by atoms with Crippen molar-refractivity contribution in [2.75, 3.05) is 0 Å². The van der Waals surface area contributed by atoms with Gasteiger partial charge < -0.3 is 4.42 Å². The molecule has 2 aromatic rings. The molecule has 0 saturated carbocycles. The maximum atomic E-state index is 12.1. The number of carbonyl (C=O) groups excluding carboxylic acids is 3. The number of hydrogen-bond donors (Lipinski definition) is 2. The zero-order chi connectivity index (χ0) is 18.4. The van der Waals surface area contributed by atoms with Crippen molar-refractivity contribution in [3.8, 4) is 0 Å². The summed E-state index contributed by atoms with van der Waals surface area (Å²) in [7, 11) is 0. The van der Waals surface area contributed by atoms with Crippen LogP contribution in [0.5, 0.6) is 0 Å². The minimum atomic E-state index is -0.454. The normalized spacial score (nSPS) is 10.4. The van der Waals surface area contributed by atoms with Crippen molar-refractivity contribution in [1.82, 2.24) is 10.9 Å². The summed E-state index contributed by atoms with van der Waals surface area (Å²) in [5, 5.41) is 0. The zero-order valence-corrected chi connectivity index (χ0v) is 14.6. The molecule has 0 saturated heterocycles. The number of furan rings is 1. The van der Waals surface area contributed by atoms with Gasteiger partial charge in [-0.1, -0.05) is 31.2 Å². The number of rotatable bonds is 6. The van der Waals surface area contributed by atoms with Crippen LogP contribution in [0.25, 0.3) is 0 Å². The number of aryl methyl sites for hydroxylation is 3. The van der Waals surface area contributed by atoms with E-state index < -0.39 is 11.8 Å². The van der Waals surface area contributed by atoms with Crippen molar-refractivity contribution in [2.24, 2.45) is 0 Å². The predicted octanol–water partition coefficient (Wildman–Crippen LogP) is 2.88. The van der Waals surface area contributed by atoms with Gasteiger partial charge >= 0.3 is 0 Å². The van der Waals surface area contributed by atoms with Crippen LogP contribution in [0.15, 0.2) is 34.7 Å². The van der Waals surface area contributed by atoms with E-state index in [1.165, 1.54) is 0 Å². The van der Waals surface area contributed by atoms with Crippen molar-refractivity contribution >= 4 is 17.6 Å². The van der Waals surface area contributed by atoms with Crippen LogP contribution in [0, 0.1) is 13.8 Å². The molecule has 0 radical (unpaired) electrons. The van der Waals surface area contributed by atoms with E-state index in [1.54, 1.807) is 32.0 Å². The van der Waals surface area contributed by atoms with Gasteiger partial charge in [-0.25, -0.2) is 0 Å². The van der Waals surface area contributed by atoms with Crippen molar-refractivity contribution in [1.29, 1.82) is 0 Å². The minimum Gasteiger partial charge on any atom is -0.466 e. The summed E-state index contributed by atoms with van der Waals surface area (Å²) >= 11 is 0. The van der Waals surface area contributed by atoms with E-state index in [4.69, 9.17) is 4.42 Å². The summed E-state index contributed by atoms with van der Waals surface area (Å²) in [4.78, 5) is 35.8. The maximum absolute atomic E-state index is 12.1. The van der Waals surface area contributed by atoms with E-state index in [-0.39, 0.29) is 18.6 Å². The van der Waals surface area contributed by atoms with Gasteiger partial charge in [-0.05, 0) is 31.9 Å². The fourth-order valence-electron chi connectivity index (χ4n) is 2.41. The van der Waals surface area contributed by atoms with E-state index >= 15 is 0 Å². The molecule has 1 aromatic heterocycles. The number of ketones is 1. The molecule has 0 spiro atoms. The molecule has 0 aliphatic rings. The van der Waals surface area contributed by atoms with E-state index in [0.29, 0.717) is 22.6 Å². The molecule has 1 heterocycles. The Balaban J connectivity index is 1.79. The van der Waals surface area contributed by atoms with Crippen LogP contribution in [0.4, 0.5) is 0 Å². The predicted molar refractivity (Wildman–Crippen MR) is 93.2 cm³/mol. The van der Waals surface area contributed by atoms with Gasteiger partial charge in [0.05, 0.1) is 5.56 Å². The molecule has 0 bridgehead atoms. The number of nitrogens with one attached hydrogen (secondary N) is 2. The zero-order valence-electron chi connectivity index (χ0n) is 14.6. The topological polar surface area (TPSA) is 88.4 Å². The van der Waals surface area contributed by atoms with Crippen molar-refractivity contribution < 1.29 is 18.8 Å². The van der Waals surface area contributed by atoms with Crippen LogP contribution in [-0.2, 0) is 11.2 Å². The Morgan fingerprint density at radius 3 is 2.24 bits per heavy atom.